The second-order valence-electron chi connectivity index (χ2n) is 6.32. The van der Waals surface area contributed by atoms with E-state index in [1.54, 1.807) is 27.7 Å². The zero-order chi connectivity index (χ0) is 20.8. The summed E-state index contributed by atoms with van der Waals surface area (Å²) in [7, 11) is -3.99. The lowest BCUT2D eigenvalue weighted by molar-refractivity contribution is -0.283. The van der Waals surface area contributed by atoms with Crippen LogP contribution in [0.5, 0.6) is 0 Å². The Kier molecular flexibility index (Phi) is 7.69. The van der Waals surface area contributed by atoms with Crippen molar-refractivity contribution in [2.75, 3.05) is 12.7 Å². The van der Waals surface area contributed by atoms with Gasteiger partial charge >= 0.3 is 11.9 Å². The zero-order valence-corrected chi connectivity index (χ0v) is 16.1. The van der Waals surface area contributed by atoms with Crippen molar-refractivity contribution in [2.45, 2.75) is 71.9 Å². The van der Waals surface area contributed by atoms with Crippen LogP contribution in [0.15, 0.2) is 0 Å². The highest BCUT2D eigenvalue weighted by molar-refractivity contribution is 7.60. The molecule has 2 atom stereocenters. The normalized spacial score (nSPS) is 22.7. The summed E-state index contributed by atoms with van der Waals surface area (Å²) in [5.41, 5.74) is 0. The zero-order valence-electron chi connectivity index (χ0n) is 17.2. The van der Waals surface area contributed by atoms with Gasteiger partial charge in [0, 0.05) is 28.2 Å². The van der Waals surface area contributed by atoms with E-state index in [1.807, 2.05) is 0 Å². The molecule has 1 rings (SSSR count). The van der Waals surface area contributed by atoms with Gasteiger partial charge in [-0.05, 0) is 34.1 Å². The standard InChI is InChI=1S/C15H29N2O7P/c1-10(2)16-25(20,17-11(3)4)9-14(19)24-21-8-13-6-7-15(23-13)22-12(5)18/h10-11,13,15H,6-9H2,1-5H3,(H2,16,17,20)/i9D2. The Bertz CT molecular complexity index is 560. The Morgan fingerprint density at radius 2 is 1.84 bits per heavy atom. The second kappa shape index (κ2) is 10.2. The highest BCUT2D eigenvalue weighted by Gasteiger charge is 2.30. The van der Waals surface area contributed by atoms with Gasteiger partial charge in [-0.3, -0.25) is 24.4 Å². The molecule has 2 N–H and O–H groups in total. The van der Waals surface area contributed by atoms with E-state index in [2.05, 4.69) is 15.1 Å². The molecule has 0 aromatic rings. The van der Waals surface area contributed by atoms with Crippen molar-refractivity contribution in [2.24, 2.45) is 0 Å². The molecule has 0 aromatic heterocycles. The van der Waals surface area contributed by atoms with Gasteiger partial charge in [-0.25, -0.2) is 4.79 Å². The molecule has 10 heteroatoms. The summed E-state index contributed by atoms with van der Waals surface area (Å²) in [5.74, 6) is -1.88. The fraction of sp³-hybridized carbons (Fsp3) is 0.867. The monoisotopic (exact) mass is 382 g/mol. The van der Waals surface area contributed by atoms with Gasteiger partial charge in [0.2, 0.25) is 13.7 Å². The maximum absolute atomic E-state index is 13.0. The van der Waals surface area contributed by atoms with Crippen LogP contribution >= 0.6 is 7.44 Å². The largest absolute Gasteiger partial charge is 0.436 e. The Hall–Kier alpha value is -0.990. The molecule has 146 valence electrons. The van der Waals surface area contributed by atoms with Crippen LogP contribution in [0, 0.1) is 0 Å². The number of hydrogen-bond donors (Lipinski definition) is 2. The lowest BCUT2D eigenvalue weighted by atomic mass is 10.2. The number of esters is 1. The lowest BCUT2D eigenvalue weighted by Gasteiger charge is -2.24. The number of carbonyl (C=O) groups excluding carboxylic acids is 2. The van der Waals surface area contributed by atoms with Crippen LogP contribution in [0.1, 0.15) is 50.2 Å². The first-order chi connectivity index (χ1) is 12.4. The van der Waals surface area contributed by atoms with Crippen LogP contribution in [0.2, 0.25) is 0 Å². The lowest BCUT2D eigenvalue weighted by Crippen LogP contribution is -2.35. The van der Waals surface area contributed by atoms with Gasteiger partial charge in [0.1, 0.15) is 12.7 Å². The van der Waals surface area contributed by atoms with E-state index < -0.39 is 37.9 Å². The summed E-state index contributed by atoms with van der Waals surface area (Å²) in [6, 6.07) is -0.674. The van der Waals surface area contributed by atoms with Gasteiger partial charge in [-0.1, -0.05) is 0 Å². The molecule has 0 radical (unpaired) electrons. The van der Waals surface area contributed by atoms with Crippen LogP contribution in [0.25, 0.3) is 0 Å². The Labute approximate surface area is 151 Å². The third-order valence-electron chi connectivity index (χ3n) is 2.88. The Morgan fingerprint density at radius 1 is 1.24 bits per heavy atom. The minimum absolute atomic E-state index is 0.168. The first-order valence-electron chi connectivity index (χ1n) is 9.19. The average Bonchev–Trinajstić information content (AvgIpc) is 2.91. The van der Waals surface area contributed by atoms with E-state index >= 15 is 0 Å². The van der Waals surface area contributed by atoms with E-state index in [4.69, 9.17) is 17.1 Å². The summed E-state index contributed by atoms with van der Waals surface area (Å²) in [6.45, 7) is 7.84. The molecule has 0 amide bonds. The van der Waals surface area contributed by atoms with E-state index in [0.717, 1.165) is 0 Å². The van der Waals surface area contributed by atoms with Crippen LogP contribution in [0.3, 0.4) is 0 Å². The van der Waals surface area contributed by atoms with Crippen LogP contribution < -0.4 is 10.2 Å². The number of ether oxygens (including phenoxy) is 2. The van der Waals surface area contributed by atoms with Crippen molar-refractivity contribution < 1.29 is 36.1 Å². The fourth-order valence-electron chi connectivity index (χ4n) is 2.21. The van der Waals surface area contributed by atoms with E-state index in [-0.39, 0.29) is 18.7 Å². The van der Waals surface area contributed by atoms with E-state index in [9.17, 15) is 14.2 Å². The topological polar surface area (TPSA) is 112 Å². The van der Waals surface area contributed by atoms with Crippen molar-refractivity contribution in [1.82, 2.24) is 10.2 Å². The molecule has 0 saturated carbocycles. The minimum atomic E-state index is -3.99. The van der Waals surface area contributed by atoms with E-state index in [0.29, 0.717) is 12.8 Å². The highest BCUT2D eigenvalue weighted by Crippen LogP contribution is 2.37. The number of nitrogens with one attached hydrogen (secondary N) is 2. The Balaban J connectivity index is 2.60. The van der Waals surface area contributed by atoms with Gasteiger partial charge in [0.25, 0.3) is 0 Å². The second-order valence-corrected chi connectivity index (χ2v) is 8.28. The van der Waals surface area contributed by atoms with Gasteiger partial charge in [-0.2, -0.15) is 4.89 Å². The molecule has 1 heterocycles. The highest BCUT2D eigenvalue weighted by atomic mass is 31.2. The summed E-state index contributed by atoms with van der Waals surface area (Å²) in [5, 5.41) is 5.21. The van der Waals surface area contributed by atoms with E-state index in [1.165, 1.54) is 6.92 Å². The minimum Gasteiger partial charge on any atom is -0.436 e. The van der Waals surface area contributed by atoms with Crippen molar-refractivity contribution in [3.8, 4) is 0 Å². The first kappa shape index (κ1) is 18.8. The number of hydrogen-bond acceptors (Lipinski definition) is 7. The molecule has 0 aromatic carbocycles. The van der Waals surface area contributed by atoms with Gasteiger partial charge in [0.05, 0.1) is 6.10 Å². The summed E-state index contributed by atoms with van der Waals surface area (Å²) in [6.07, 6.45) is -3.00. The molecule has 0 bridgehead atoms. The fourth-order valence-corrected chi connectivity index (χ4v) is 4.16. The smallest absolute Gasteiger partial charge is 0.352 e. The molecule has 9 nitrogen and oxygen atoms in total. The molecule has 1 aliphatic heterocycles. The molecule has 0 spiro atoms. The molecule has 0 aliphatic carbocycles. The molecule has 1 saturated heterocycles. The predicted molar refractivity (Wildman–Crippen MR) is 90.7 cm³/mol. The molecule has 1 aliphatic rings. The van der Waals surface area contributed by atoms with Crippen molar-refractivity contribution in [3.05, 3.63) is 0 Å². The summed E-state index contributed by atoms with van der Waals surface area (Å²) >= 11 is 0. The summed E-state index contributed by atoms with van der Waals surface area (Å²) in [4.78, 5) is 32.4. The van der Waals surface area contributed by atoms with Crippen molar-refractivity contribution >= 4 is 19.4 Å². The molecular formula is C15H29N2O7P. The predicted octanol–water partition coefficient (Wildman–Crippen LogP) is 1.72. The molecule has 1 fully saturated rings. The van der Waals surface area contributed by atoms with Gasteiger partial charge in [0.15, 0.2) is 0 Å². The molecular weight excluding hydrogens is 351 g/mol. The first-order valence-corrected chi connectivity index (χ1v) is 9.90. The van der Waals surface area contributed by atoms with Gasteiger partial charge in [-0.15, -0.1) is 0 Å². The van der Waals surface area contributed by atoms with Crippen molar-refractivity contribution in [1.29, 1.82) is 0 Å². The van der Waals surface area contributed by atoms with Crippen LogP contribution in [-0.2, 0) is 33.4 Å². The Morgan fingerprint density at radius 3 is 2.36 bits per heavy atom. The van der Waals surface area contributed by atoms with Crippen LogP contribution in [0.4, 0.5) is 0 Å². The maximum atomic E-state index is 13.0. The molecule has 25 heavy (non-hydrogen) atoms. The quantitative estimate of drug-likeness (QED) is 0.252. The SMILES string of the molecule is [2H]C([2H])(C(=O)OOCC1CCC(OC(C)=O)O1)P(=O)(NC(C)C)NC(C)C. The third kappa shape index (κ3) is 9.32. The maximum Gasteiger partial charge on any atom is 0.352 e. The van der Waals surface area contributed by atoms with Crippen molar-refractivity contribution in [3.63, 3.8) is 0 Å². The summed E-state index contributed by atoms with van der Waals surface area (Å²) < 4.78 is 39.3. The average molecular weight is 382 g/mol. The molecule has 2 unspecified atom stereocenters. The van der Waals surface area contributed by atoms with Gasteiger partial charge < -0.3 is 9.47 Å². The number of rotatable bonds is 10. The number of carbonyl (C=O) groups is 2. The van der Waals surface area contributed by atoms with Crippen LogP contribution in [-0.4, -0.2) is 49.1 Å². The third-order valence-corrected chi connectivity index (χ3v) is 5.14.